The maximum Gasteiger partial charge on any atom is 0.287 e. The number of benzene rings is 2. The number of carbonyl (C=O) groups is 3. The van der Waals surface area contributed by atoms with Gasteiger partial charge in [-0.05, 0) is 30.5 Å². The number of rotatable bonds is 7. The first-order valence-electron chi connectivity index (χ1n) is 10.9. The van der Waals surface area contributed by atoms with Crippen molar-refractivity contribution in [3.05, 3.63) is 95.9 Å². The largest absolute Gasteiger partial charge is 0.459 e. The second-order valence-electron chi connectivity index (χ2n) is 8.02. The highest BCUT2D eigenvalue weighted by molar-refractivity contribution is 5.98. The molecule has 6 heteroatoms. The Morgan fingerprint density at radius 3 is 2.19 bits per heavy atom. The summed E-state index contributed by atoms with van der Waals surface area (Å²) >= 11 is 0. The van der Waals surface area contributed by atoms with E-state index in [9.17, 15) is 14.4 Å². The lowest BCUT2D eigenvalue weighted by Crippen LogP contribution is -2.52. The van der Waals surface area contributed by atoms with E-state index in [0.29, 0.717) is 37.9 Å². The molecule has 0 saturated carbocycles. The van der Waals surface area contributed by atoms with Crippen molar-refractivity contribution in [3.8, 4) is 0 Å². The molecule has 1 saturated heterocycles. The van der Waals surface area contributed by atoms with Crippen molar-refractivity contribution in [1.82, 2.24) is 10.2 Å². The molecule has 0 radical (unpaired) electrons. The zero-order valence-electron chi connectivity index (χ0n) is 17.8. The van der Waals surface area contributed by atoms with E-state index in [4.69, 9.17) is 4.42 Å². The highest BCUT2D eigenvalue weighted by Crippen LogP contribution is 2.23. The van der Waals surface area contributed by atoms with Crippen molar-refractivity contribution in [3.63, 3.8) is 0 Å². The Morgan fingerprint density at radius 1 is 0.906 bits per heavy atom. The minimum atomic E-state index is -0.712. The summed E-state index contributed by atoms with van der Waals surface area (Å²) in [6.45, 7) is 0.980. The van der Waals surface area contributed by atoms with Crippen LogP contribution in [0.15, 0.2) is 83.5 Å². The van der Waals surface area contributed by atoms with Gasteiger partial charge in [-0.1, -0.05) is 60.7 Å². The van der Waals surface area contributed by atoms with Crippen LogP contribution in [0.2, 0.25) is 0 Å². The molecule has 1 aliphatic rings. The summed E-state index contributed by atoms with van der Waals surface area (Å²) in [5.41, 5.74) is 1.67. The van der Waals surface area contributed by atoms with E-state index in [2.05, 4.69) is 5.32 Å². The van der Waals surface area contributed by atoms with Gasteiger partial charge in [0, 0.05) is 31.0 Å². The highest BCUT2D eigenvalue weighted by Gasteiger charge is 2.32. The average molecular weight is 431 g/mol. The molecule has 3 aromatic rings. The van der Waals surface area contributed by atoms with Crippen molar-refractivity contribution in [2.75, 3.05) is 13.1 Å². The molecule has 1 aliphatic heterocycles. The molecule has 1 aromatic heterocycles. The quantitative estimate of drug-likeness (QED) is 0.579. The van der Waals surface area contributed by atoms with Gasteiger partial charge in [0.2, 0.25) is 5.91 Å². The second kappa shape index (κ2) is 10.1. The number of nitrogens with zero attached hydrogens (tertiary/aromatic N) is 1. The summed E-state index contributed by atoms with van der Waals surface area (Å²) in [6.07, 6.45) is 3.04. The number of amides is 2. The van der Waals surface area contributed by atoms with E-state index in [1.165, 1.54) is 6.26 Å². The molecule has 1 N–H and O–H groups in total. The summed E-state index contributed by atoms with van der Waals surface area (Å²) < 4.78 is 5.18. The van der Waals surface area contributed by atoms with E-state index >= 15 is 0 Å². The van der Waals surface area contributed by atoms with Crippen molar-refractivity contribution < 1.29 is 18.8 Å². The number of nitrogens with one attached hydrogen (secondary N) is 1. The van der Waals surface area contributed by atoms with E-state index < -0.39 is 11.9 Å². The fraction of sp³-hybridized carbons (Fsp3) is 0.269. The third-order valence-electron chi connectivity index (χ3n) is 5.87. The smallest absolute Gasteiger partial charge is 0.287 e. The maximum atomic E-state index is 13.3. The van der Waals surface area contributed by atoms with Gasteiger partial charge in [-0.25, -0.2) is 0 Å². The van der Waals surface area contributed by atoms with E-state index in [-0.39, 0.29) is 23.4 Å². The molecule has 1 fully saturated rings. The lowest BCUT2D eigenvalue weighted by molar-refractivity contribution is -0.134. The van der Waals surface area contributed by atoms with Gasteiger partial charge in [0.25, 0.3) is 5.91 Å². The van der Waals surface area contributed by atoms with Gasteiger partial charge in [-0.15, -0.1) is 0 Å². The normalized spacial score (nSPS) is 15.2. The SMILES string of the molecule is O=C(NC(Cc1ccccc1)C(=O)N1CCC(C(=O)c2ccccc2)CC1)c1ccco1. The lowest BCUT2D eigenvalue weighted by atomic mass is 9.88. The number of carbonyl (C=O) groups excluding carboxylic acids is 3. The van der Waals surface area contributed by atoms with Crippen molar-refractivity contribution in [2.24, 2.45) is 5.92 Å². The maximum absolute atomic E-state index is 13.3. The molecule has 2 aromatic carbocycles. The minimum Gasteiger partial charge on any atom is -0.459 e. The molecule has 32 heavy (non-hydrogen) atoms. The van der Waals surface area contributed by atoms with Gasteiger partial charge in [0.05, 0.1) is 6.26 Å². The second-order valence-corrected chi connectivity index (χ2v) is 8.02. The molecule has 1 atom stereocenters. The van der Waals surface area contributed by atoms with Gasteiger partial charge >= 0.3 is 0 Å². The zero-order chi connectivity index (χ0) is 22.3. The van der Waals surface area contributed by atoms with Gasteiger partial charge in [-0.3, -0.25) is 14.4 Å². The van der Waals surface area contributed by atoms with Gasteiger partial charge in [0.15, 0.2) is 11.5 Å². The molecular formula is C26H26N2O4. The van der Waals surface area contributed by atoms with E-state index in [1.54, 1.807) is 17.0 Å². The number of piperidine rings is 1. The summed E-state index contributed by atoms with van der Waals surface area (Å²) in [5, 5.41) is 2.83. The van der Waals surface area contributed by atoms with Crippen LogP contribution < -0.4 is 5.32 Å². The molecule has 2 amide bonds. The van der Waals surface area contributed by atoms with Crippen molar-refractivity contribution >= 4 is 17.6 Å². The van der Waals surface area contributed by atoms with Gasteiger partial charge < -0.3 is 14.6 Å². The summed E-state index contributed by atoms with van der Waals surface area (Å²) in [4.78, 5) is 40.4. The van der Waals surface area contributed by atoms with Crippen LogP contribution in [0.1, 0.15) is 39.3 Å². The number of ketones is 1. The number of likely N-dealkylation sites (tertiary alicyclic amines) is 1. The molecule has 2 heterocycles. The van der Waals surface area contributed by atoms with Gasteiger partial charge in [-0.2, -0.15) is 0 Å². The van der Waals surface area contributed by atoms with Crippen LogP contribution in [0, 0.1) is 5.92 Å². The van der Waals surface area contributed by atoms with Crippen LogP contribution in [0.25, 0.3) is 0 Å². The van der Waals surface area contributed by atoms with Crippen LogP contribution in [0.5, 0.6) is 0 Å². The van der Waals surface area contributed by atoms with Crippen LogP contribution in [-0.2, 0) is 11.2 Å². The Balaban J connectivity index is 1.42. The first-order valence-corrected chi connectivity index (χ1v) is 10.9. The number of furan rings is 1. The van der Waals surface area contributed by atoms with Crippen molar-refractivity contribution in [1.29, 1.82) is 0 Å². The number of Topliss-reactive ketones (excluding diaryl/α,β-unsaturated/α-hetero) is 1. The van der Waals surface area contributed by atoms with Crippen LogP contribution in [0.4, 0.5) is 0 Å². The zero-order valence-corrected chi connectivity index (χ0v) is 17.8. The molecule has 4 rings (SSSR count). The fourth-order valence-corrected chi connectivity index (χ4v) is 4.11. The predicted octanol–water partition coefficient (Wildman–Crippen LogP) is 3.74. The Labute approximate surface area is 187 Å². The Bertz CT molecular complexity index is 1040. The third-order valence-corrected chi connectivity index (χ3v) is 5.87. The average Bonchev–Trinajstić information content (AvgIpc) is 3.39. The van der Waals surface area contributed by atoms with Gasteiger partial charge in [0.1, 0.15) is 6.04 Å². The highest BCUT2D eigenvalue weighted by atomic mass is 16.3. The molecule has 164 valence electrons. The number of hydrogen-bond donors (Lipinski definition) is 1. The summed E-state index contributed by atoms with van der Waals surface area (Å²) in [7, 11) is 0. The lowest BCUT2D eigenvalue weighted by Gasteiger charge is -2.34. The first kappa shape index (κ1) is 21.6. The van der Waals surface area contributed by atoms with Crippen molar-refractivity contribution in [2.45, 2.75) is 25.3 Å². The molecule has 0 bridgehead atoms. The topological polar surface area (TPSA) is 79.6 Å². The molecular weight excluding hydrogens is 404 g/mol. The van der Waals surface area contributed by atoms with E-state index in [1.807, 2.05) is 60.7 Å². The number of hydrogen-bond acceptors (Lipinski definition) is 4. The monoisotopic (exact) mass is 430 g/mol. The van der Waals surface area contributed by atoms with E-state index in [0.717, 1.165) is 5.56 Å². The summed E-state index contributed by atoms with van der Waals surface area (Å²) in [5.74, 6) is -0.350. The molecule has 6 nitrogen and oxygen atoms in total. The first-order chi connectivity index (χ1) is 15.6. The van der Waals surface area contributed by atoms with Crippen LogP contribution in [0.3, 0.4) is 0 Å². The summed E-state index contributed by atoms with van der Waals surface area (Å²) in [6, 6.07) is 21.4. The molecule has 0 spiro atoms. The predicted molar refractivity (Wildman–Crippen MR) is 120 cm³/mol. The van der Waals surface area contributed by atoms with Crippen LogP contribution in [-0.4, -0.2) is 41.6 Å². The minimum absolute atomic E-state index is 0.0910. The van der Waals surface area contributed by atoms with Crippen LogP contribution >= 0.6 is 0 Å². The molecule has 1 unspecified atom stereocenters. The standard InChI is InChI=1S/C26H26N2O4/c29-24(20-10-5-2-6-11-20)21-13-15-28(16-14-21)26(31)22(18-19-8-3-1-4-9-19)27-25(30)23-12-7-17-32-23/h1-12,17,21-22H,13-16,18H2,(H,27,30). The Morgan fingerprint density at radius 2 is 1.56 bits per heavy atom. The third kappa shape index (κ3) is 5.14. The molecule has 0 aliphatic carbocycles. The Hall–Kier alpha value is -3.67. The fourth-order valence-electron chi connectivity index (χ4n) is 4.11. The Kier molecular flexibility index (Phi) is 6.80.